The molecule has 4 aromatic rings. The van der Waals surface area contributed by atoms with Gasteiger partial charge in [-0.2, -0.15) is 14.7 Å². The van der Waals surface area contributed by atoms with Crippen molar-refractivity contribution in [2.45, 2.75) is 0 Å². The molecule has 0 aliphatic rings. The summed E-state index contributed by atoms with van der Waals surface area (Å²) in [6.45, 7) is 0. The molecule has 22 heavy (non-hydrogen) atoms. The van der Waals surface area contributed by atoms with E-state index in [1.807, 2.05) is 0 Å². The smallest absolute Gasteiger partial charge is 0.235 e. The summed E-state index contributed by atoms with van der Waals surface area (Å²) < 4.78 is 16.6. The van der Waals surface area contributed by atoms with Crippen LogP contribution in [0.15, 0.2) is 30.5 Å². The quantitative estimate of drug-likeness (QED) is 0.565. The highest BCUT2D eigenvalue weighted by Gasteiger charge is 2.19. The molecule has 0 amide bonds. The van der Waals surface area contributed by atoms with Gasteiger partial charge in [-0.15, -0.1) is 10.2 Å². The Morgan fingerprint density at radius 3 is 2.86 bits per heavy atom. The first-order chi connectivity index (χ1) is 10.6. The molecule has 0 spiro atoms. The van der Waals surface area contributed by atoms with Crippen molar-refractivity contribution in [3.8, 4) is 22.1 Å². The lowest BCUT2D eigenvalue weighted by molar-refractivity contribution is 0.628. The first-order valence-electron chi connectivity index (χ1n) is 6.29. The number of aromatic nitrogens is 6. The summed E-state index contributed by atoms with van der Waals surface area (Å²) in [6.07, 6.45) is 1.54. The van der Waals surface area contributed by atoms with Gasteiger partial charge in [0.25, 0.3) is 0 Å². The van der Waals surface area contributed by atoms with Crippen LogP contribution in [0.4, 0.5) is 4.39 Å². The largest absolute Gasteiger partial charge is 0.263 e. The first kappa shape index (κ1) is 13.4. The molecule has 3 aromatic heterocycles. The van der Waals surface area contributed by atoms with E-state index in [2.05, 4.69) is 20.4 Å². The molecule has 3 heterocycles. The standard InChI is InChI=1S/C13H8ClFN6S/c1-20-10(9(14)6-16-20)11-17-18-13-21(11)19-12(22-13)7-3-2-4-8(15)5-7/h2-6H,1H3. The Morgan fingerprint density at radius 2 is 2.14 bits per heavy atom. The number of halogens is 2. The van der Waals surface area contributed by atoms with Gasteiger partial charge in [-0.3, -0.25) is 4.68 Å². The van der Waals surface area contributed by atoms with Gasteiger partial charge >= 0.3 is 0 Å². The summed E-state index contributed by atoms with van der Waals surface area (Å²) >= 11 is 7.47. The summed E-state index contributed by atoms with van der Waals surface area (Å²) in [6, 6.07) is 6.27. The zero-order valence-electron chi connectivity index (χ0n) is 11.2. The van der Waals surface area contributed by atoms with Crippen molar-refractivity contribution in [2.75, 3.05) is 0 Å². The molecule has 0 fully saturated rings. The van der Waals surface area contributed by atoms with Gasteiger partial charge < -0.3 is 0 Å². The molecule has 0 radical (unpaired) electrons. The van der Waals surface area contributed by atoms with Gasteiger partial charge in [0, 0.05) is 12.6 Å². The summed E-state index contributed by atoms with van der Waals surface area (Å²) in [7, 11) is 1.77. The SMILES string of the molecule is Cn1ncc(Cl)c1-c1nnc2sc(-c3cccc(F)c3)nn12. The molecule has 6 nitrogen and oxygen atoms in total. The number of aryl methyl sites for hydroxylation is 1. The molecule has 0 unspecified atom stereocenters. The number of hydrogen-bond donors (Lipinski definition) is 0. The predicted octanol–water partition coefficient (Wildman–Crippen LogP) is 3.05. The lowest BCUT2D eigenvalue weighted by Gasteiger charge is -1.98. The zero-order valence-corrected chi connectivity index (χ0v) is 12.8. The van der Waals surface area contributed by atoms with E-state index >= 15 is 0 Å². The van der Waals surface area contributed by atoms with E-state index in [1.165, 1.54) is 29.7 Å². The number of benzene rings is 1. The number of hydrogen-bond acceptors (Lipinski definition) is 5. The summed E-state index contributed by atoms with van der Waals surface area (Å²) in [5.74, 6) is 0.192. The van der Waals surface area contributed by atoms with E-state index in [0.29, 0.717) is 32.1 Å². The Balaban J connectivity index is 1.90. The van der Waals surface area contributed by atoms with Crippen molar-refractivity contribution in [2.24, 2.45) is 7.05 Å². The Morgan fingerprint density at radius 1 is 1.27 bits per heavy atom. The Labute approximate surface area is 132 Å². The van der Waals surface area contributed by atoms with E-state index < -0.39 is 0 Å². The van der Waals surface area contributed by atoms with Crippen LogP contribution in [0.5, 0.6) is 0 Å². The van der Waals surface area contributed by atoms with Crippen LogP contribution >= 0.6 is 22.9 Å². The summed E-state index contributed by atoms with van der Waals surface area (Å²) in [5, 5.41) is 17.9. The van der Waals surface area contributed by atoms with E-state index in [-0.39, 0.29) is 5.82 Å². The zero-order chi connectivity index (χ0) is 15.3. The molecule has 1 aromatic carbocycles. The van der Waals surface area contributed by atoms with Gasteiger partial charge in [-0.25, -0.2) is 4.39 Å². The Hall–Kier alpha value is -2.32. The van der Waals surface area contributed by atoms with Gasteiger partial charge in [0.1, 0.15) is 16.5 Å². The minimum absolute atomic E-state index is 0.307. The lowest BCUT2D eigenvalue weighted by Crippen LogP contribution is -1.99. The van der Waals surface area contributed by atoms with Crippen molar-refractivity contribution in [1.82, 2.24) is 29.6 Å². The fourth-order valence-corrected chi connectivity index (χ4v) is 3.25. The highest BCUT2D eigenvalue weighted by molar-refractivity contribution is 7.19. The molecule has 0 atom stereocenters. The van der Waals surface area contributed by atoms with Crippen molar-refractivity contribution < 1.29 is 4.39 Å². The normalized spacial score (nSPS) is 11.4. The van der Waals surface area contributed by atoms with Gasteiger partial charge in [0.15, 0.2) is 0 Å². The van der Waals surface area contributed by atoms with Crippen LogP contribution in [-0.4, -0.2) is 29.6 Å². The third-order valence-corrected chi connectivity index (χ3v) is 4.39. The number of fused-ring (bicyclic) bond motifs is 1. The minimum Gasteiger partial charge on any atom is -0.263 e. The topological polar surface area (TPSA) is 60.9 Å². The predicted molar refractivity (Wildman–Crippen MR) is 81.3 cm³/mol. The fourth-order valence-electron chi connectivity index (χ4n) is 2.17. The van der Waals surface area contributed by atoms with Crippen molar-refractivity contribution in [1.29, 1.82) is 0 Å². The second-order valence-corrected chi connectivity index (χ2v) is 5.96. The monoisotopic (exact) mass is 334 g/mol. The summed E-state index contributed by atoms with van der Waals surface area (Å²) in [4.78, 5) is 0.603. The summed E-state index contributed by atoms with van der Waals surface area (Å²) in [5.41, 5.74) is 1.32. The third kappa shape index (κ3) is 1.99. The highest BCUT2D eigenvalue weighted by atomic mass is 35.5. The van der Waals surface area contributed by atoms with Crippen molar-refractivity contribution in [3.63, 3.8) is 0 Å². The van der Waals surface area contributed by atoms with E-state index in [4.69, 9.17) is 11.6 Å². The van der Waals surface area contributed by atoms with E-state index in [9.17, 15) is 4.39 Å². The third-order valence-electron chi connectivity index (χ3n) is 3.17. The maximum Gasteiger partial charge on any atom is 0.235 e. The molecule has 0 bridgehead atoms. The number of nitrogens with zero attached hydrogens (tertiary/aromatic N) is 6. The maximum absolute atomic E-state index is 13.4. The van der Waals surface area contributed by atoms with Crippen molar-refractivity contribution >= 4 is 27.9 Å². The minimum atomic E-state index is -0.307. The highest BCUT2D eigenvalue weighted by Crippen LogP contribution is 2.30. The van der Waals surface area contributed by atoms with Crippen LogP contribution in [0.1, 0.15) is 0 Å². The van der Waals surface area contributed by atoms with E-state index in [1.54, 1.807) is 28.4 Å². The molecule has 0 aliphatic heterocycles. The van der Waals surface area contributed by atoms with Crippen molar-refractivity contribution in [3.05, 3.63) is 41.3 Å². The maximum atomic E-state index is 13.4. The molecule has 0 aliphatic carbocycles. The van der Waals surface area contributed by atoms with Crippen LogP contribution in [-0.2, 0) is 7.05 Å². The number of rotatable bonds is 2. The second-order valence-electron chi connectivity index (χ2n) is 4.60. The van der Waals surface area contributed by atoms with Gasteiger partial charge in [0.05, 0.1) is 11.2 Å². The lowest BCUT2D eigenvalue weighted by atomic mass is 10.2. The van der Waals surface area contributed by atoms with Gasteiger partial charge in [-0.1, -0.05) is 35.1 Å². The van der Waals surface area contributed by atoms with Crippen LogP contribution in [0.3, 0.4) is 0 Å². The van der Waals surface area contributed by atoms with Gasteiger partial charge in [-0.05, 0) is 12.1 Å². The fraction of sp³-hybridized carbons (Fsp3) is 0.0769. The molecular formula is C13H8ClFN6S. The molecular weight excluding hydrogens is 327 g/mol. The molecule has 0 saturated heterocycles. The molecule has 110 valence electrons. The Kier molecular flexibility index (Phi) is 2.95. The molecule has 4 rings (SSSR count). The van der Waals surface area contributed by atoms with Crippen LogP contribution < -0.4 is 0 Å². The van der Waals surface area contributed by atoms with Crippen LogP contribution in [0, 0.1) is 5.82 Å². The van der Waals surface area contributed by atoms with Crippen LogP contribution in [0.2, 0.25) is 5.02 Å². The molecule has 0 N–H and O–H groups in total. The first-order valence-corrected chi connectivity index (χ1v) is 7.49. The van der Waals surface area contributed by atoms with Crippen LogP contribution in [0.25, 0.3) is 27.1 Å². The average molecular weight is 335 g/mol. The Bertz CT molecular complexity index is 968. The second kappa shape index (κ2) is 4.85. The van der Waals surface area contributed by atoms with Gasteiger partial charge in [0.2, 0.25) is 10.8 Å². The average Bonchev–Trinajstić information content (AvgIpc) is 3.15. The molecule has 9 heteroatoms. The molecule has 0 saturated carbocycles. The van der Waals surface area contributed by atoms with E-state index in [0.717, 1.165) is 0 Å².